The molecule has 2 aromatic carbocycles. The van der Waals surface area contributed by atoms with Crippen LogP contribution in [0.3, 0.4) is 0 Å². The van der Waals surface area contributed by atoms with E-state index >= 15 is 0 Å². The summed E-state index contributed by atoms with van der Waals surface area (Å²) in [5, 5.41) is 1.32. The molecule has 1 atom stereocenters. The van der Waals surface area contributed by atoms with E-state index in [-0.39, 0.29) is 11.5 Å². The van der Waals surface area contributed by atoms with Gasteiger partial charge in [0.05, 0.1) is 21.8 Å². The molecule has 194 valence electrons. The van der Waals surface area contributed by atoms with Crippen molar-refractivity contribution in [1.29, 1.82) is 0 Å². The van der Waals surface area contributed by atoms with Crippen LogP contribution in [0.5, 0.6) is 0 Å². The third-order valence-corrected chi connectivity index (χ3v) is 8.49. The Balaban J connectivity index is 1.60. The van der Waals surface area contributed by atoms with Crippen LogP contribution in [-0.4, -0.2) is 28.5 Å². The molecule has 0 radical (unpaired) electrons. The van der Waals surface area contributed by atoms with Gasteiger partial charge in [-0.05, 0) is 62.7 Å². The van der Waals surface area contributed by atoms with Gasteiger partial charge in [-0.3, -0.25) is 14.2 Å². The number of rotatable bonds is 7. The van der Waals surface area contributed by atoms with Crippen LogP contribution >= 0.6 is 34.7 Å². The van der Waals surface area contributed by atoms with Crippen LogP contribution in [0, 0.1) is 0 Å². The van der Waals surface area contributed by atoms with Crippen LogP contribution in [0.4, 0.5) is 0 Å². The molecule has 0 spiro atoms. The predicted molar refractivity (Wildman–Crippen MR) is 152 cm³/mol. The third-order valence-electron chi connectivity index (χ3n) is 6.33. The number of aromatic nitrogens is 1. The minimum atomic E-state index is -0.612. The number of nitrogens with zero attached hydrogens (tertiary/aromatic N) is 3. The van der Waals surface area contributed by atoms with Crippen molar-refractivity contribution in [3.05, 3.63) is 114 Å². The highest BCUT2D eigenvalue weighted by Gasteiger charge is 2.34. The Bertz CT molecular complexity index is 1680. The summed E-state index contributed by atoms with van der Waals surface area (Å²) in [5.74, 6) is 0.450. The monoisotopic (exact) mass is 563 g/mol. The Morgan fingerprint density at radius 2 is 1.82 bits per heavy atom. The van der Waals surface area contributed by atoms with Gasteiger partial charge in [-0.2, -0.15) is 0 Å². The molecule has 9 heteroatoms. The van der Waals surface area contributed by atoms with Crippen molar-refractivity contribution < 1.29 is 9.21 Å². The first kappa shape index (κ1) is 26.3. The Kier molecular flexibility index (Phi) is 7.74. The third kappa shape index (κ3) is 5.16. The minimum Gasteiger partial charge on any atom is -0.450 e. The molecule has 0 bridgehead atoms. The maximum absolute atomic E-state index is 13.8. The molecule has 0 saturated heterocycles. The number of hydrogen-bond acceptors (Lipinski definition) is 6. The fourth-order valence-electron chi connectivity index (χ4n) is 4.44. The highest BCUT2D eigenvalue weighted by Crippen LogP contribution is 2.32. The van der Waals surface area contributed by atoms with Crippen LogP contribution < -0.4 is 14.9 Å². The van der Waals surface area contributed by atoms with Gasteiger partial charge < -0.3 is 9.32 Å². The fourth-order valence-corrected chi connectivity index (χ4v) is 6.39. The van der Waals surface area contributed by atoms with E-state index in [1.807, 2.05) is 75.4 Å². The number of hydrogen-bond donors (Lipinski definition) is 0. The van der Waals surface area contributed by atoms with E-state index in [4.69, 9.17) is 21.0 Å². The summed E-state index contributed by atoms with van der Waals surface area (Å²) in [6.07, 6.45) is 1.74. The van der Waals surface area contributed by atoms with Gasteiger partial charge in [0, 0.05) is 29.1 Å². The van der Waals surface area contributed by atoms with Gasteiger partial charge in [0.15, 0.2) is 9.89 Å². The van der Waals surface area contributed by atoms with Crippen molar-refractivity contribution in [3.63, 3.8) is 0 Å². The van der Waals surface area contributed by atoms with Gasteiger partial charge in [-0.25, -0.2) is 4.99 Å². The van der Waals surface area contributed by atoms with E-state index in [0.717, 1.165) is 15.6 Å². The van der Waals surface area contributed by atoms with Gasteiger partial charge in [0.2, 0.25) is 0 Å². The zero-order valence-corrected chi connectivity index (χ0v) is 23.6. The summed E-state index contributed by atoms with van der Waals surface area (Å²) in [7, 11) is 0. The van der Waals surface area contributed by atoms with Crippen LogP contribution in [-0.2, 0) is 4.79 Å². The largest absolute Gasteiger partial charge is 0.450 e. The summed E-state index contributed by atoms with van der Waals surface area (Å²) in [6, 6.07) is 20.3. The van der Waals surface area contributed by atoms with Crippen molar-refractivity contribution in [1.82, 2.24) is 9.47 Å². The standard InChI is InChI=1S/C29H26ClN3O3S2/c1-4-32(5-2)28(35)25-18(3)31-29-33(26(25)19-11-13-20(30)14-12-19)27(34)23(38-29)17-21-15-16-24(36-21)37-22-9-7-6-8-10-22/h6-17,26H,4-5H2,1-3H3/b23-17+/t26-/m1/s1. The molecule has 0 saturated carbocycles. The van der Waals surface area contributed by atoms with Gasteiger partial charge in [-0.15, -0.1) is 0 Å². The molecule has 4 aromatic rings. The van der Waals surface area contributed by atoms with Crippen LogP contribution in [0.1, 0.15) is 38.1 Å². The molecule has 1 amide bonds. The molecule has 5 rings (SSSR count). The number of halogens is 1. The Labute approximate surface area is 233 Å². The average molecular weight is 564 g/mol. The molecule has 1 aliphatic rings. The zero-order valence-electron chi connectivity index (χ0n) is 21.2. The predicted octanol–water partition coefficient (Wildman–Crippen LogP) is 5.50. The molecule has 0 unspecified atom stereocenters. The van der Waals surface area contributed by atoms with Crippen molar-refractivity contribution in [3.8, 4) is 0 Å². The Morgan fingerprint density at radius 1 is 1.11 bits per heavy atom. The van der Waals surface area contributed by atoms with Gasteiger partial charge in [0.1, 0.15) is 5.76 Å². The molecule has 38 heavy (non-hydrogen) atoms. The van der Waals surface area contributed by atoms with E-state index in [1.165, 1.54) is 23.1 Å². The molecule has 2 aromatic heterocycles. The average Bonchev–Trinajstić information content (AvgIpc) is 3.48. The maximum atomic E-state index is 13.8. The number of thiazole rings is 1. The smallest absolute Gasteiger partial charge is 0.271 e. The molecule has 0 N–H and O–H groups in total. The van der Waals surface area contributed by atoms with Gasteiger partial charge >= 0.3 is 0 Å². The number of benzene rings is 2. The van der Waals surface area contributed by atoms with E-state index in [9.17, 15) is 9.59 Å². The summed E-state index contributed by atoms with van der Waals surface area (Å²) < 4.78 is 8.09. The first-order valence-corrected chi connectivity index (χ1v) is 14.3. The normalized spacial score (nSPS) is 15.4. The van der Waals surface area contributed by atoms with Crippen LogP contribution in [0.2, 0.25) is 5.02 Å². The lowest BCUT2D eigenvalue weighted by atomic mass is 9.94. The van der Waals surface area contributed by atoms with E-state index in [1.54, 1.807) is 27.7 Å². The second-order valence-electron chi connectivity index (χ2n) is 8.68. The molecule has 0 fully saturated rings. The molecule has 1 aliphatic heterocycles. The van der Waals surface area contributed by atoms with Crippen molar-refractivity contribution in [2.75, 3.05) is 13.1 Å². The number of fused-ring (bicyclic) bond motifs is 1. The lowest BCUT2D eigenvalue weighted by molar-refractivity contribution is -0.127. The maximum Gasteiger partial charge on any atom is 0.271 e. The first-order chi connectivity index (χ1) is 18.4. The Morgan fingerprint density at radius 3 is 2.50 bits per heavy atom. The lowest BCUT2D eigenvalue weighted by Crippen LogP contribution is -2.43. The molecule has 0 aliphatic carbocycles. The van der Waals surface area contributed by atoms with Crippen LogP contribution in [0.25, 0.3) is 6.08 Å². The number of allylic oxidation sites excluding steroid dienone is 1. The van der Waals surface area contributed by atoms with Crippen LogP contribution in [0.15, 0.2) is 102 Å². The molecular weight excluding hydrogens is 538 g/mol. The minimum absolute atomic E-state index is 0.126. The topological polar surface area (TPSA) is 67.8 Å². The summed E-state index contributed by atoms with van der Waals surface area (Å²) >= 11 is 8.96. The second kappa shape index (κ2) is 11.2. The number of amides is 1. The number of likely N-dealkylation sites (N-methyl/N-ethyl adjacent to an activating group) is 1. The summed E-state index contributed by atoms with van der Waals surface area (Å²) in [6.45, 7) is 6.84. The highest BCUT2D eigenvalue weighted by atomic mass is 35.5. The zero-order chi connectivity index (χ0) is 26.8. The Hall–Kier alpha value is -3.33. The number of carbonyl (C=O) groups excluding carboxylic acids is 1. The van der Waals surface area contributed by atoms with Crippen molar-refractivity contribution in [2.45, 2.75) is 36.8 Å². The summed E-state index contributed by atoms with van der Waals surface area (Å²) in [5.41, 5.74) is 1.68. The number of furan rings is 1. The number of carbonyl (C=O) groups is 1. The molecular formula is C29H26ClN3O3S2. The fraction of sp³-hybridized carbons (Fsp3) is 0.207. The van der Waals surface area contributed by atoms with Gasteiger partial charge in [0.25, 0.3) is 11.5 Å². The first-order valence-electron chi connectivity index (χ1n) is 12.3. The second-order valence-corrected chi connectivity index (χ2v) is 11.2. The SMILES string of the molecule is CCN(CC)C(=O)C1=C(C)N=c2s/c(=C/c3ccc(Sc4ccccc4)o3)c(=O)n2[C@@H]1c1ccc(Cl)cc1. The molecule has 6 nitrogen and oxygen atoms in total. The van der Waals surface area contributed by atoms with Crippen molar-refractivity contribution in [2.24, 2.45) is 4.99 Å². The molecule has 3 heterocycles. The van der Waals surface area contributed by atoms with Crippen molar-refractivity contribution >= 4 is 46.7 Å². The van der Waals surface area contributed by atoms with E-state index in [0.29, 0.717) is 44.5 Å². The summed E-state index contributed by atoms with van der Waals surface area (Å²) in [4.78, 5) is 35.5. The highest BCUT2D eigenvalue weighted by molar-refractivity contribution is 7.99. The lowest BCUT2D eigenvalue weighted by Gasteiger charge is -2.29. The quantitative estimate of drug-likeness (QED) is 0.298. The van der Waals surface area contributed by atoms with E-state index in [2.05, 4.69) is 0 Å². The van der Waals surface area contributed by atoms with Gasteiger partial charge in [-0.1, -0.05) is 65.0 Å². The van der Waals surface area contributed by atoms with E-state index < -0.39 is 6.04 Å².